The monoisotopic (exact) mass is 513 g/mol. The molecule has 1 atom stereocenters. The summed E-state index contributed by atoms with van der Waals surface area (Å²) in [5, 5.41) is 1.75. The third kappa shape index (κ3) is 4.00. The summed E-state index contributed by atoms with van der Waals surface area (Å²) in [5.41, 5.74) is 1.03. The van der Waals surface area contributed by atoms with Crippen molar-refractivity contribution >= 4 is 64.8 Å². The minimum atomic E-state index is -3.55. The summed E-state index contributed by atoms with van der Waals surface area (Å²) in [4.78, 5) is 18.0. The quantitative estimate of drug-likeness (QED) is 0.527. The summed E-state index contributed by atoms with van der Waals surface area (Å²) in [7, 11) is -3.55. The van der Waals surface area contributed by atoms with Gasteiger partial charge in [-0.1, -0.05) is 23.5 Å². The fraction of sp³-hybridized carbons (Fsp3) is 0.368. The summed E-state index contributed by atoms with van der Waals surface area (Å²) in [5.74, 6) is -0.668. The second-order valence-corrected chi connectivity index (χ2v) is 11.8. The van der Waals surface area contributed by atoms with E-state index < -0.39 is 15.9 Å². The van der Waals surface area contributed by atoms with Crippen molar-refractivity contribution in [3.63, 3.8) is 0 Å². The minimum Gasteiger partial charge on any atom is -0.316 e. The van der Waals surface area contributed by atoms with E-state index in [9.17, 15) is 13.2 Å². The lowest BCUT2D eigenvalue weighted by Gasteiger charge is -2.29. The van der Waals surface area contributed by atoms with Crippen molar-refractivity contribution < 1.29 is 13.2 Å². The number of hydrogen-bond acceptors (Lipinski definition) is 5. The van der Waals surface area contributed by atoms with Crippen LogP contribution in [0.3, 0.4) is 0 Å². The predicted molar refractivity (Wildman–Crippen MR) is 120 cm³/mol. The number of rotatable bonds is 4. The van der Waals surface area contributed by atoms with Crippen LogP contribution in [-0.4, -0.2) is 36.3 Å². The number of halogens is 1. The van der Waals surface area contributed by atoms with Crippen molar-refractivity contribution in [3.05, 3.63) is 45.0 Å². The van der Waals surface area contributed by atoms with Crippen LogP contribution >= 0.6 is 38.6 Å². The second kappa shape index (κ2) is 8.43. The van der Waals surface area contributed by atoms with Crippen molar-refractivity contribution in [2.45, 2.75) is 30.5 Å². The third-order valence-corrected chi connectivity index (χ3v) is 9.92. The summed E-state index contributed by atoms with van der Waals surface area (Å²) in [6.07, 6.45) is 1.31. The van der Waals surface area contributed by atoms with E-state index >= 15 is 0 Å². The van der Waals surface area contributed by atoms with E-state index in [1.807, 2.05) is 29.7 Å². The Balaban J connectivity index is 1.64. The van der Waals surface area contributed by atoms with Gasteiger partial charge in [0, 0.05) is 24.1 Å². The maximum Gasteiger partial charge on any atom is 0.252 e. The van der Waals surface area contributed by atoms with Gasteiger partial charge in [0.2, 0.25) is 0 Å². The zero-order chi connectivity index (χ0) is 20.6. The summed E-state index contributed by atoms with van der Waals surface area (Å²) in [6.45, 7) is 3.33. The van der Waals surface area contributed by atoms with Crippen molar-refractivity contribution in [3.8, 4) is 0 Å². The zero-order valence-corrected chi connectivity index (χ0v) is 19.8. The highest BCUT2D eigenvalue weighted by Gasteiger charge is 2.33. The number of para-hydroxylation sites is 1. The second-order valence-electron chi connectivity index (χ2n) is 6.80. The van der Waals surface area contributed by atoms with Gasteiger partial charge in [-0.2, -0.15) is 9.30 Å². The number of amides is 1. The Bertz CT molecular complexity index is 1210. The van der Waals surface area contributed by atoms with E-state index in [1.54, 1.807) is 17.5 Å². The largest absolute Gasteiger partial charge is 0.316 e. The molecule has 3 heterocycles. The van der Waals surface area contributed by atoms with Crippen LogP contribution in [0.5, 0.6) is 0 Å². The molecule has 0 aliphatic carbocycles. The first-order chi connectivity index (χ1) is 13.9. The highest BCUT2D eigenvalue weighted by Crippen LogP contribution is 2.28. The molecule has 1 aliphatic rings. The number of aromatic nitrogens is 1. The predicted octanol–water partition coefficient (Wildman–Crippen LogP) is 4.07. The van der Waals surface area contributed by atoms with E-state index in [2.05, 4.69) is 20.9 Å². The fourth-order valence-electron chi connectivity index (χ4n) is 3.55. The number of thiophene rings is 1. The Hall–Kier alpha value is -1.33. The first kappa shape index (κ1) is 20.9. The lowest BCUT2D eigenvalue weighted by Crippen LogP contribution is -2.42. The Morgan fingerprint density at radius 1 is 1.31 bits per heavy atom. The number of piperidine rings is 1. The van der Waals surface area contributed by atoms with Gasteiger partial charge < -0.3 is 4.57 Å². The van der Waals surface area contributed by atoms with Gasteiger partial charge in [0.25, 0.3) is 15.9 Å². The standard InChI is InChI=1S/C19H20BrN3O3S3/c1-2-23-17-14(20)7-3-8-15(17)28-19(23)21-18(24)13-6-4-10-22(12-13)29(25,26)16-9-5-11-27-16/h3,5,7-9,11,13H,2,4,6,10,12H2,1H3. The van der Waals surface area contributed by atoms with Crippen LogP contribution in [0.4, 0.5) is 0 Å². The maximum absolute atomic E-state index is 13.0. The number of fused-ring (bicyclic) bond motifs is 1. The van der Waals surface area contributed by atoms with Crippen molar-refractivity contribution in [2.75, 3.05) is 13.1 Å². The lowest BCUT2D eigenvalue weighted by atomic mass is 9.99. The molecule has 10 heteroatoms. The van der Waals surface area contributed by atoms with Gasteiger partial charge in [-0.15, -0.1) is 11.3 Å². The average molecular weight is 514 g/mol. The van der Waals surface area contributed by atoms with Crippen LogP contribution in [0.2, 0.25) is 0 Å². The zero-order valence-electron chi connectivity index (χ0n) is 15.7. The van der Waals surface area contributed by atoms with Crippen LogP contribution in [0.1, 0.15) is 19.8 Å². The van der Waals surface area contributed by atoms with Gasteiger partial charge in [0.1, 0.15) is 4.21 Å². The molecule has 1 saturated heterocycles. The SMILES string of the molecule is CCn1c(=NC(=O)C2CCCN(S(=O)(=O)c3cccs3)C2)sc2cccc(Br)c21. The van der Waals surface area contributed by atoms with Crippen LogP contribution in [0.15, 0.2) is 49.4 Å². The molecular formula is C19H20BrN3O3S3. The molecule has 1 unspecified atom stereocenters. The first-order valence-corrected chi connectivity index (χ1v) is 13.2. The van der Waals surface area contributed by atoms with Crippen LogP contribution < -0.4 is 4.80 Å². The Labute approximate surface area is 185 Å². The van der Waals surface area contributed by atoms with Crippen molar-refractivity contribution in [1.82, 2.24) is 8.87 Å². The van der Waals surface area contributed by atoms with E-state index in [0.717, 1.165) is 14.7 Å². The van der Waals surface area contributed by atoms with E-state index in [0.29, 0.717) is 34.9 Å². The molecule has 2 aromatic heterocycles. The number of sulfonamides is 1. The molecule has 1 aliphatic heterocycles. The van der Waals surface area contributed by atoms with Gasteiger partial charge in [-0.25, -0.2) is 8.42 Å². The summed E-state index contributed by atoms with van der Waals surface area (Å²) < 4.78 is 31.4. The minimum absolute atomic E-state index is 0.184. The number of carbonyl (C=O) groups is 1. The van der Waals surface area contributed by atoms with Crippen molar-refractivity contribution in [2.24, 2.45) is 10.9 Å². The smallest absolute Gasteiger partial charge is 0.252 e. The number of benzene rings is 1. The molecule has 1 fully saturated rings. The van der Waals surface area contributed by atoms with Crippen LogP contribution in [0, 0.1) is 5.92 Å². The molecule has 0 bridgehead atoms. The molecule has 6 nitrogen and oxygen atoms in total. The molecule has 0 N–H and O–H groups in total. The summed E-state index contributed by atoms with van der Waals surface area (Å²) in [6, 6.07) is 9.28. The normalized spacial score (nSPS) is 19.1. The van der Waals surface area contributed by atoms with Crippen LogP contribution in [-0.2, 0) is 21.4 Å². The first-order valence-electron chi connectivity index (χ1n) is 9.32. The molecule has 3 aromatic rings. The van der Waals surface area contributed by atoms with Gasteiger partial charge in [-0.3, -0.25) is 4.79 Å². The van der Waals surface area contributed by atoms with Gasteiger partial charge in [0.05, 0.1) is 16.1 Å². The molecule has 0 radical (unpaired) electrons. The molecule has 0 saturated carbocycles. The fourth-order valence-corrected chi connectivity index (χ4v) is 8.06. The molecule has 1 aromatic carbocycles. The third-order valence-electron chi connectivity index (χ3n) is 5.00. The molecule has 0 spiro atoms. The van der Waals surface area contributed by atoms with E-state index in [1.165, 1.54) is 27.0 Å². The Morgan fingerprint density at radius 3 is 2.86 bits per heavy atom. The number of nitrogens with zero attached hydrogens (tertiary/aromatic N) is 3. The highest BCUT2D eigenvalue weighted by molar-refractivity contribution is 9.10. The molecule has 1 amide bonds. The van der Waals surface area contributed by atoms with Crippen LogP contribution in [0.25, 0.3) is 10.2 Å². The molecule has 154 valence electrons. The number of carbonyl (C=O) groups excluding carboxylic acids is 1. The van der Waals surface area contributed by atoms with Gasteiger partial charge in [0.15, 0.2) is 4.80 Å². The highest BCUT2D eigenvalue weighted by atomic mass is 79.9. The number of thiazole rings is 1. The molecular weight excluding hydrogens is 494 g/mol. The Morgan fingerprint density at radius 2 is 2.14 bits per heavy atom. The molecule has 4 rings (SSSR count). The lowest BCUT2D eigenvalue weighted by molar-refractivity contribution is -0.122. The van der Waals surface area contributed by atoms with Gasteiger partial charge >= 0.3 is 0 Å². The Kier molecular flexibility index (Phi) is 6.08. The number of hydrogen-bond donors (Lipinski definition) is 0. The van der Waals surface area contributed by atoms with Crippen molar-refractivity contribution in [1.29, 1.82) is 0 Å². The summed E-state index contributed by atoms with van der Waals surface area (Å²) >= 11 is 6.26. The molecule has 29 heavy (non-hydrogen) atoms. The topological polar surface area (TPSA) is 71.7 Å². The van der Waals surface area contributed by atoms with E-state index in [4.69, 9.17) is 0 Å². The maximum atomic E-state index is 13.0. The average Bonchev–Trinajstić information content (AvgIpc) is 3.37. The van der Waals surface area contributed by atoms with Gasteiger partial charge in [-0.05, 0) is 59.3 Å². The van der Waals surface area contributed by atoms with E-state index in [-0.39, 0.29) is 12.5 Å². The number of aryl methyl sites for hydroxylation is 1.